The molecule has 5 heteroatoms. The van der Waals surface area contributed by atoms with Crippen molar-refractivity contribution in [2.24, 2.45) is 0 Å². The van der Waals surface area contributed by atoms with Gasteiger partial charge in [0.2, 0.25) is 0 Å². The minimum absolute atomic E-state index is 0.0949. The number of carbonyl (C=O) groups is 1. The first-order chi connectivity index (χ1) is 14.1. The topological polar surface area (TPSA) is 59.3 Å². The number of Topliss-reactive ketones (excluding diaryl/α,β-unsaturated/α-hetero) is 1. The van der Waals surface area contributed by atoms with Gasteiger partial charge in [-0.15, -0.1) is 0 Å². The molecular formula is C24H18BrNO3. The molecule has 4 nitrogen and oxygen atoms in total. The Bertz CT molecular complexity index is 1100. The highest BCUT2D eigenvalue weighted by molar-refractivity contribution is 9.10. The predicted octanol–water partition coefficient (Wildman–Crippen LogP) is 5.76. The van der Waals surface area contributed by atoms with Crippen LogP contribution in [0.2, 0.25) is 0 Å². The summed E-state index contributed by atoms with van der Waals surface area (Å²) in [5.41, 5.74) is 3.93. The third-order valence-electron chi connectivity index (χ3n) is 4.99. The molecule has 144 valence electrons. The lowest BCUT2D eigenvalue weighted by Crippen LogP contribution is -2.17. The number of benzene rings is 3. The zero-order valence-electron chi connectivity index (χ0n) is 15.8. The van der Waals surface area contributed by atoms with Crippen LogP contribution in [0.3, 0.4) is 0 Å². The number of ether oxygens (including phenoxy) is 2. The van der Waals surface area contributed by atoms with E-state index in [0.29, 0.717) is 35.7 Å². The van der Waals surface area contributed by atoms with Gasteiger partial charge in [-0.05, 0) is 54.4 Å². The molecule has 1 aliphatic heterocycles. The lowest BCUT2D eigenvalue weighted by molar-refractivity contribution is 0.0932. The average molecular weight is 448 g/mol. The molecule has 0 spiro atoms. The molecule has 0 saturated heterocycles. The quantitative estimate of drug-likeness (QED) is 0.509. The summed E-state index contributed by atoms with van der Waals surface area (Å²) in [5, 5.41) is 9.09. The van der Waals surface area contributed by atoms with Crippen molar-refractivity contribution in [2.45, 2.75) is 19.4 Å². The van der Waals surface area contributed by atoms with Crippen LogP contribution in [0.1, 0.15) is 45.1 Å². The second-order valence-corrected chi connectivity index (χ2v) is 7.79. The fourth-order valence-corrected chi connectivity index (χ4v) is 3.68. The van der Waals surface area contributed by atoms with Crippen molar-refractivity contribution >= 4 is 21.7 Å². The van der Waals surface area contributed by atoms with Crippen molar-refractivity contribution in [1.82, 2.24) is 0 Å². The number of fused-ring (bicyclic) bond motifs is 1. The van der Waals surface area contributed by atoms with Crippen LogP contribution in [0.15, 0.2) is 65.1 Å². The Hall–Kier alpha value is -3.10. The summed E-state index contributed by atoms with van der Waals surface area (Å²) >= 11 is 3.47. The summed E-state index contributed by atoms with van der Waals surface area (Å²) in [6.07, 6.45) is 0.0336. The van der Waals surface area contributed by atoms with Crippen LogP contribution >= 0.6 is 15.9 Å². The van der Waals surface area contributed by atoms with E-state index in [9.17, 15) is 4.79 Å². The summed E-state index contributed by atoms with van der Waals surface area (Å²) in [4.78, 5) is 12.2. The molecule has 0 bridgehead atoms. The second kappa shape index (κ2) is 8.10. The zero-order chi connectivity index (χ0) is 20.4. The molecule has 0 radical (unpaired) electrons. The summed E-state index contributed by atoms with van der Waals surface area (Å²) < 4.78 is 13.2. The second-order valence-electron chi connectivity index (χ2n) is 6.87. The van der Waals surface area contributed by atoms with Crippen molar-refractivity contribution in [3.05, 3.63) is 93.0 Å². The van der Waals surface area contributed by atoms with Crippen molar-refractivity contribution in [3.8, 4) is 17.6 Å². The van der Waals surface area contributed by atoms with Crippen LogP contribution in [0.4, 0.5) is 0 Å². The number of hydrogen-bond acceptors (Lipinski definition) is 4. The molecule has 3 aromatic rings. The first-order valence-corrected chi connectivity index (χ1v) is 10.1. The Balaban J connectivity index is 1.75. The highest BCUT2D eigenvalue weighted by atomic mass is 79.9. The number of carbonyl (C=O) groups excluding carboxylic acids is 1. The van der Waals surface area contributed by atoms with E-state index in [4.69, 9.17) is 14.7 Å². The van der Waals surface area contributed by atoms with E-state index in [1.165, 1.54) is 0 Å². The van der Waals surface area contributed by atoms with Crippen LogP contribution in [-0.2, 0) is 0 Å². The molecule has 1 aliphatic rings. The number of halogens is 1. The van der Waals surface area contributed by atoms with Crippen LogP contribution in [0.5, 0.6) is 11.5 Å². The Morgan fingerprint density at radius 1 is 1.03 bits per heavy atom. The maximum absolute atomic E-state index is 12.2. The lowest BCUT2D eigenvalue weighted by atomic mass is 9.99. The maximum atomic E-state index is 12.2. The molecule has 1 unspecified atom stereocenters. The minimum atomic E-state index is -0.369. The van der Waals surface area contributed by atoms with Crippen molar-refractivity contribution in [3.63, 3.8) is 0 Å². The Kier molecular flexibility index (Phi) is 5.37. The van der Waals surface area contributed by atoms with Gasteiger partial charge in [0.05, 0.1) is 23.8 Å². The highest BCUT2D eigenvalue weighted by Gasteiger charge is 2.24. The molecule has 4 rings (SSSR count). The van der Waals surface area contributed by atoms with E-state index < -0.39 is 0 Å². The molecule has 0 N–H and O–H groups in total. The van der Waals surface area contributed by atoms with Crippen molar-refractivity contribution < 1.29 is 14.3 Å². The van der Waals surface area contributed by atoms with Crippen LogP contribution in [-0.4, -0.2) is 12.4 Å². The molecule has 1 heterocycles. The predicted molar refractivity (Wildman–Crippen MR) is 113 cm³/mol. The van der Waals surface area contributed by atoms with E-state index in [0.717, 1.165) is 21.2 Å². The Morgan fingerprint density at radius 2 is 1.69 bits per heavy atom. The van der Waals surface area contributed by atoms with Crippen LogP contribution in [0, 0.1) is 18.3 Å². The maximum Gasteiger partial charge on any atom is 0.170 e. The smallest absolute Gasteiger partial charge is 0.170 e. The molecule has 0 saturated carbocycles. The molecule has 0 fully saturated rings. The van der Waals surface area contributed by atoms with Gasteiger partial charge < -0.3 is 9.47 Å². The molecule has 0 aliphatic carbocycles. The van der Waals surface area contributed by atoms with E-state index in [-0.39, 0.29) is 11.9 Å². The van der Waals surface area contributed by atoms with Gasteiger partial charge in [0.1, 0.15) is 17.6 Å². The molecule has 0 amide bonds. The largest absolute Gasteiger partial charge is 0.492 e. The van der Waals surface area contributed by atoms with Gasteiger partial charge >= 0.3 is 0 Å². The van der Waals surface area contributed by atoms with Gasteiger partial charge in [0, 0.05) is 16.5 Å². The number of nitriles is 1. The van der Waals surface area contributed by atoms with Gasteiger partial charge in [-0.25, -0.2) is 0 Å². The van der Waals surface area contributed by atoms with E-state index in [1.54, 1.807) is 18.2 Å². The summed E-state index contributed by atoms with van der Waals surface area (Å²) in [7, 11) is 0. The van der Waals surface area contributed by atoms with E-state index in [1.807, 2.05) is 49.4 Å². The molecule has 0 aromatic heterocycles. The number of ketones is 1. The first kappa shape index (κ1) is 19.2. The standard InChI is InChI=1S/C24H18BrNO3/c1-15-22(11-10-20-21(27)12-13-28-23(15)20)29-24(18-6-8-19(25)9-7-18)17-4-2-16(14-26)3-5-17/h2-11,24H,12-13H2,1H3. The fourth-order valence-electron chi connectivity index (χ4n) is 3.41. The normalized spacial score (nSPS) is 13.8. The highest BCUT2D eigenvalue weighted by Crippen LogP contribution is 2.38. The molecule has 3 aromatic carbocycles. The fraction of sp³-hybridized carbons (Fsp3) is 0.167. The Labute approximate surface area is 177 Å². The van der Waals surface area contributed by atoms with Gasteiger partial charge in [-0.1, -0.05) is 40.2 Å². The van der Waals surface area contributed by atoms with Crippen LogP contribution in [0.25, 0.3) is 0 Å². The average Bonchev–Trinajstić information content (AvgIpc) is 2.75. The third kappa shape index (κ3) is 3.90. The van der Waals surface area contributed by atoms with Gasteiger partial charge in [-0.3, -0.25) is 4.79 Å². The minimum Gasteiger partial charge on any atom is -0.492 e. The molecule has 29 heavy (non-hydrogen) atoms. The molecular weight excluding hydrogens is 430 g/mol. The van der Waals surface area contributed by atoms with E-state index >= 15 is 0 Å². The molecule has 1 atom stereocenters. The van der Waals surface area contributed by atoms with Gasteiger partial charge in [-0.2, -0.15) is 5.26 Å². The summed E-state index contributed by atoms with van der Waals surface area (Å²) in [6.45, 7) is 2.30. The zero-order valence-corrected chi connectivity index (χ0v) is 17.4. The summed E-state index contributed by atoms with van der Waals surface area (Å²) in [5.74, 6) is 1.36. The Morgan fingerprint density at radius 3 is 2.34 bits per heavy atom. The van der Waals surface area contributed by atoms with Crippen LogP contribution < -0.4 is 9.47 Å². The number of rotatable bonds is 4. The first-order valence-electron chi connectivity index (χ1n) is 9.28. The lowest BCUT2D eigenvalue weighted by Gasteiger charge is -2.24. The number of hydrogen-bond donors (Lipinski definition) is 0. The third-order valence-corrected chi connectivity index (χ3v) is 5.52. The van der Waals surface area contributed by atoms with Gasteiger partial charge in [0.15, 0.2) is 5.78 Å². The SMILES string of the molecule is Cc1c(OC(c2ccc(Br)cc2)c2ccc(C#N)cc2)ccc2c1OCCC2=O. The van der Waals surface area contributed by atoms with Crippen molar-refractivity contribution in [1.29, 1.82) is 5.26 Å². The summed E-state index contributed by atoms with van der Waals surface area (Å²) in [6, 6.07) is 21.1. The van der Waals surface area contributed by atoms with E-state index in [2.05, 4.69) is 22.0 Å². The van der Waals surface area contributed by atoms with Crippen molar-refractivity contribution in [2.75, 3.05) is 6.61 Å². The monoisotopic (exact) mass is 447 g/mol. The van der Waals surface area contributed by atoms with Gasteiger partial charge in [0.25, 0.3) is 0 Å². The number of nitrogens with zero attached hydrogens (tertiary/aromatic N) is 1.